The molecule has 2 heterocycles. The summed E-state index contributed by atoms with van der Waals surface area (Å²) in [5.74, 6) is 2.25. The van der Waals surface area contributed by atoms with Crippen LogP contribution in [0.5, 0.6) is 0 Å². The Kier molecular flexibility index (Phi) is 5.35. The first-order valence-corrected chi connectivity index (χ1v) is 7.67. The van der Waals surface area contributed by atoms with Crippen LogP contribution in [-0.2, 0) is 11.3 Å². The van der Waals surface area contributed by atoms with Gasteiger partial charge in [-0.25, -0.2) is 9.67 Å². The van der Waals surface area contributed by atoms with Crippen LogP contribution in [0, 0.1) is 6.92 Å². The Bertz CT molecular complexity index is 549. The van der Waals surface area contributed by atoms with Crippen LogP contribution in [0.4, 0.5) is 0 Å². The number of carbonyl (C=O) groups is 1. The van der Waals surface area contributed by atoms with E-state index in [1.54, 1.807) is 7.05 Å². The maximum Gasteiger partial charge on any atom is 0.239 e. The molecule has 0 saturated carbocycles. The molecule has 1 atom stereocenters. The number of guanidine groups is 1. The minimum atomic E-state index is -0.0550. The first kappa shape index (κ1) is 16.3. The Morgan fingerprint density at radius 1 is 1.50 bits per heavy atom. The molecule has 0 aromatic carbocycles. The molecule has 1 aliphatic rings. The van der Waals surface area contributed by atoms with Crippen molar-refractivity contribution in [2.24, 2.45) is 4.99 Å². The summed E-state index contributed by atoms with van der Waals surface area (Å²) in [6.45, 7) is 6.85. The van der Waals surface area contributed by atoms with Gasteiger partial charge in [0.05, 0.1) is 12.6 Å². The molecule has 8 heteroatoms. The van der Waals surface area contributed by atoms with E-state index in [4.69, 9.17) is 0 Å². The normalized spacial score (nSPS) is 18.0. The monoisotopic (exact) mass is 307 g/mol. The SMILES string of the molecule is CN=C(NCC(=O)NC(C)C)NC1CCCn2nc(C)nc21. The van der Waals surface area contributed by atoms with E-state index in [0.717, 1.165) is 31.0 Å². The third-order valence-electron chi connectivity index (χ3n) is 3.38. The first-order chi connectivity index (χ1) is 10.5. The number of nitrogens with one attached hydrogen (secondary N) is 3. The van der Waals surface area contributed by atoms with Crippen LogP contribution in [-0.4, -0.2) is 46.3 Å². The van der Waals surface area contributed by atoms with Gasteiger partial charge in [-0.2, -0.15) is 5.10 Å². The van der Waals surface area contributed by atoms with Crippen molar-refractivity contribution >= 4 is 11.9 Å². The van der Waals surface area contributed by atoms with Crippen LogP contribution >= 0.6 is 0 Å². The minimum absolute atomic E-state index is 0.0550. The van der Waals surface area contributed by atoms with Crippen LogP contribution < -0.4 is 16.0 Å². The summed E-state index contributed by atoms with van der Waals surface area (Å²) in [6.07, 6.45) is 2.01. The number of carbonyl (C=O) groups excluding carboxylic acids is 1. The van der Waals surface area contributed by atoms with Crippen molar-refractivity contribution in [3.63, 3.8) is 0 Å². The molecular weight excluding hydrogens is 282 g/mol. The fraction of sp³-hybridized carbons (Fsp3) is 0.714. The summed E-state index contributed by atoms with van der Waals surface area (Å²) in [5.41, 5.74) is 0. The van der Waals surface area contributed by atoms with Crippen molar-refractivity contribution in [1.82, 2.24) is 30.7 Å². The zero-order valence-electron chi connectivity index (χ0n) is 13.7. The number of aromatic nitrogens is 3. The third kappa shape index (κ3) is 4.19. The molecule has 1 aromatic heterocycles. The number of aryl methyl sites for hydroxylation is 2. The van der Waals surface area contributed by atoms with Gasteiger partial charge < -0.3 is 16.0 Å². The van der Waals surface area contributed by atoms with E-state index < -0.39 is 0 Å². The van der Waals surface area contributed by atoms with Gasteiger partial charge in [0.15, 0.2) is 5.96 Å². The summed E-state index contributed by atoms with van der Waals surface area (Å²) < 4.78 is 1.94. The highest BCUT2D eigenvalue weighted by Crippen LogP contribution is 2.22. The van der Waals surface area contributed by atoms with E-state index in [-0.39, 0.29) is 24.5 Å². The Labute approximate surface area is 130 Å². The van der Waals surface area contributed by atoms with E-state index in [9.17, 15) is 4.79 Å². The van der Waals surface area contributed by atoms with Gasteiger partial charge in [-0.15, -0.1) is 0 Å². The zero-order chi connectivity index (χ0) is 16.1. The number of amides is 1. The lowest BCUT2D eigenvalue weighted by molar-refractivity contribution is -0.120. The van der Waals surface area contributed by atoms with Crippen molar-refractivity contribution in [3.05, 3.63) is 11.6 Å². The van der Waals surface area contributed by atoms with Gasteiger partial charge in [0.2, 0.25) is 5.91 Å². The Balaban J connectivity index is 1.93. The number of aliphatic imine (C=N–C) groups is 1. The summed E-state index contributed by atoms with van der Waals surface area (Å²) in [6, 6.07) is 0.193. The van der Waals surface area contributed by atoms with Crippen LogP contribution in [0.2, 0.25) is 0 Å². The molecule has 0 saturated heterocycles. The molecule has 122 valence electrons. The van der Waals surface area contributed by atoms with E-state index in [1.807, 2.05) is 25.5 Å². The highest BCUT2D eigenvalue weighted by Gasteiger charge is 2.24. The molecule has 0 radical (unpaired) electrons. The fourth-order valence-corrected chi connectivity index (χ4v) is 2.50. The van der Waals surface area contributed by atoms with E-state index >= 15 is 0 Å². The van der Waals surface area contributed by atoms with Crippen molar-refractivity contribution in [3.8, 4) is 0 Å². The zero-order valence-corrected chi connectivity index (χ0v) is 13.7. The molecule has 1 amide bonds. The smallest absolute Gasteiger partial charge is 0.239 e. The molecule has 0 bridgehead atoms. The highest BCUT2D eigenvalue weighted by atomic mass is 16.2. The maximum absolute atomic E-state index is 11.7. The average molecular weight is 307 g/mol. The second-order valence-electron chi connectivity index (χ2n) is 5.73. The van der Waals surface area contributed by atoms with E-state index in [2.05, 4.69) is 31.0 Å². The van der Waals surface area contributed by atoms with E-state index in [0.29, 0.717) is 5.96 Å². The molecule has 3 N–H and O–H groups in total. The molecule has 8 nitrogen and oxygen atoms in total. The number of fused-ring (bicyclic) bond motifs is 1. The standard InChI is InChI=1S/C14H25N7O/c1-9(2)17-12(22)8-16-14(15-4)19-11-6-5-7-21-13(11)18-10(3)20-21/h9,11H,5-8H2,1-4H3,(H,17,22)(H2,15,16,19). The third-order valence-corrected chi connectivity index (χ3v) is 3.38. The largest absolute Gasteiger partial charge is 0.352 e. The van der Waals surface area contributed by atoms with Crippen LogP contribution in [0.15, 0.2) is 4.99 Å². The molecule has 0 fully saturated rings. The lowest BCUT2D eigenvalue weighted by Gasteiger charge is -2.25. The summed E-state index contributed by atoms with van der Waals surface area (Å²) >= 11 is 0. The van der Waals surface area contributed by atoms with Crippen molar-refractivity contribution in [2.45, 2.75) is 52.2 Å². The fourth-order valence-electron chi connectivity index (χ4n) is 2.50. The van der Waals surface area contributed by atoms with Crippen molar-refractivity contribution in [1.29, 1.82) is 0 Å². The van der Waals surface area contributed by atoms with Gasteiger partial charge in [-0.3, -0.25) is 9.79 Å². The second-order valence-corrected chi connectivity index (χ2v) is 5.73. The summed E-state index contributed by atoms with van der Waals surface area (Å²) in [7, 11) is 1.69. The van der Waals surface area contributed by atoms with Gasteiger partial charge in [0.1, 0.15) is 11.6 Å². The molecule has 1 unspecified atom stereocenters. The van der Waals surface area contributed by atoms with Gasteiger partial charge in [0, 0.05) is 19.6 Å². The molecule has 0 aliphatic carbocycles. The maximum atomic E-state index is 11.7. The Morgan fingerprint density at radius 3 is 2.95 bits per heavy atom. The summed E-state index contributed by atoms with van der Waals surface area (Å²) in [5, 5.41) is 13.6. The average Bonchev–Trinajstić information content (AvgIpc) is 2.83. The van der Waals surface area contributed by atoms with Crippen LogP contribution in [0.25, 0.3) is 0 Å². The molecular formula is C14H25N7O. The molecule has 1 aliphatic heterocycles. The van der Waals surface area contributed by atoms with Crippen LogP contribution in [0.3, 0.4) is 0 Å². The van der Waals surface area contributed by atoms with Gasteiger partial charge in [-0.1, -0.05) is 0 Å². The molecule has 2 rings (SSSR count). The van der Waals surface area contributed by atoms with Gasteiger partial charge in [0.25, 0.3) is 0 Å². The van der Waals surface area contributed by atoms with Gasteiger partial charge in [-0.05, 0) is 33.6 Å². The number of hydrogen-bond acceptors (Lipinski definition) is 4. The van der Waals surface area contributed by atoms with E-state index in [1.165, 1.54) is 0 Å². The number of rotatable bonds is 4. The van der Waals surface area contributed by atoms with Crippen LogP contribution in [0.1, 0.15) is 44.4 Å². The lowest BCUT2D eigenvalue weighted by Crippen LogP contribution is -2.46. The lowest BCUT2D eigenvalue weighted by atomic mass is 10.1. The predicted octanol–water partition coefficient (Wildman–Crippen LogP) is 0.111. The van der Waals surface area contributed by atoms with Crippen molar-refractivity contribution in [2.75, 3.05) is 13.6 Å². The minimum Gasteiger partial charge on any atom is -0.352 e. The molecule has 1 aromatic rings. The number of nitrogens with zero attached hydrogens (tertiary/aromatic N) is 4. The topological polar surface area (TPSA) is 96.2 Å². The summed E-state index contributed by atoms with van der Waals surface area (Å²) in [4.78, 5) is 20.3. The quantitative estimate of drug-likeness (QED) is 0.542. The first-order valence-electron chi connectivity index (χ1n) is 7.67. The predicted molar refractivity (Wildman–Crippen MR) is 84.5 cm³/mol. The second kappa shape index (κ2) is 7.24. The Morgan fingerprint density at radius 2 is 2.27 bits per heavy atom. The van der Waals surface area contributed by atoms with Gasteiger partial charge >= 0.3 is 0 Å². The molecule has 0 spiro atoms. The molecule has 22 heavy (non-hydrogen) atoms. The Hall–Kier alpha value is -2.12. The number of hydrogen-bond donors (Lipinski definition) is 3. The van der Waals surface area contributed by atoms with Crippen molar-refractivity contribution < 1.29 is 4.79 Å². The highest BCUT2D eigenvalue weighted by molar-refractivity contribution is 5.86.